The fraction of sp³-hybridized carbons (Fsp3) is 0.471. The first-order chi connectivity index (χ1) is 10.2. The number of benzene rings is 1. The molecule has 0 aliphatic rings. The second kappa shape index (κ2) is 9.19. The van der Waals surface area contributed by atoms with Gasteiger partial charge >= 0.3 is 0 Å². The highest BCUT2D eigenvalue weighted by Crippen LogP contribution is 2.14. The maximum Gasteiger partial charge on any atom is 0.246 e. The number of nitrogens with zero attached hydrogens (tertiary/aromatic N) is 1. The monoisotopic (exact) mass is 291 g/mol. The lowest BCUT2D eigenvalue weighted by atomic mass is 10.1. The second-order valence-corrected chi connectivity index (χ2v) is 4.84. The summed E-state index contributed by atoms with van der Waals surface area (Å²) < 4.78 is 5.16. The van der Waals surface area contributed by atoms with Crippen LogP contribution in [0.15, 0.2) is 30.3 Å². The molecule has 1 aromatic rings. The molecule has 0 aliphatic heterocycles. The smallest absolute Gasteiger partial charge is 0.246 e. The Balaban J connectivity index is 2.81. The average molecular weight is 291 g/mol. The molecule has 0 saturated heterocycles. The van der Waals surface area contributed by atoms with Crippen molar-refractivity contribution in [2.75, 3.05) is 20.3 Å². The van der Waals surface area contributed by atoms with Gasteiger partial charge in [-0.25, -0.2) is 0 Å². The Hall–Kier alpha value is -1.81. The van der Waals surface area contributed by atoms with E-state index in [1.165, 1.54) is 0 Å². The van der Waals surface area contributed by atoms with E-state index in [2.05, 4.69) is 13.8 Å². The molecule has 0 fully saturated rings. The molecule has 21 heavy (non-hydrogen) atoms. The number of ether oxygens (including phenoxy) is 1. The summed E-state index contributed by atoms with van der Waals surface area (Å²) in [5, 5.41) is 9.14. The molecule has 0 bridgehead atoms. The van der Waals surface area contributed by atoms with Gasteiger partial charge in [-0.1, -0.05) is 26.0 Å². The van der Waals surface area contributed by atoms with E-state index in [1.54, 1.807) is 24.2 Å². The van der Waals surface area contributed by atoms with Crippen LogP contribution in [0.2, 0.25) is 0 Å². The van der Waals surface area contributed by atoms with Gasteiger partial charge in [0, 0.05) is 18.7 Å². The van der Waals surface area contributed by atoms with E-state index in [1.807, 2.05) is 24.3 Å². The zero-order chi connectivity index (χ0) is 15.7. The van der Waals surface area contributed by atoms with Gasteiger partial charge in [-0.3, -0.25) is 4.79 Å². The fourth-order valence-electron chi connectivity index (χ4n) is 2.32. The molecule has 0 spiro atoms. The van der Waals surface area contributed by atoms with Gasteiger partial charge in [0.25, 0.3) is 0 Å². The van der Waals surface area contributed by atoms with Crippen molar-refractivity contribution < 1.29 is 14.6 Å². The first-order valence-electron chi connectivity index (χ1n) is 7.39. The third-order valence-electron chi connectivity index (χ3n) is 3.52. The average Bonchev–Trinajstić information content (AvgIpc) is 2.53. The van der Waals surface area contributed by atoms with E-state index < -0.39 is 0 Å². The molecule has 0 unspecified atom stereocenters. The summed E-state index contributed by atoms with van der Waals surface area (Å²) in [6.07, 6.45) is 5.10. The van der Waals surface area contributed by atoms with Gasteiger partial charge in [0.05, 0.1) is 13.7 Å². The summed E-state index contributed by atoms with van der Waals surface area (Å²) in [5.41, 5.74) is 0.913. The van der Waals surface area contributed by atoms with E-state index in [-0.39, 0.29) is 18.6 Å². The highest BCUT2D eigenvalue weighted by atomic mass is 16.5. The van der Waals surface area contributed by atoms with Gasteiger partial charge in [0.15, 0.2) is 0 Å². The van der Waals surface area contributed by atoms with Crippen LogP contribution in [0.5, 0.6) is 5.75 Å². The standard InChI is InChI=1S/C17H25NO3/c1-4-15(5-2)18(11-12-19)17(20)10-9-14-7-6-8-16(13-14)21-3/h6-10,13,15,19H,4-5,11-12H2,1-3H3. The summed E-state index contributed by atoms with van der Waals surface area (Å²) in [5.74, 6) is 0.692. The number of carbonyl (C=O) groups excluding carboxylic acids is 1. The van der Waals surface area contributed by atoms with E-state index in [9.17, 15) is 4.79 Å². The topological polar surface area (TPSA) is 49.8 Å². The molecular formula is C17H25NO3. The lowest BCUT2D eigenvalue weighted by Crippen LogP contribution is -2.40. The van der Waals surface area contributed by atoms with Crippen molar-refractivity contribution in [3.63, 3.8) is 0 Å². The predicted octanol–water partition coefficient (Wildman–Crippen LogP) is 2.72. The lowest BCUT2D eigenvalue weighted by Gasteiger charge is -2.29. The predicted molar refractivity (Wildman–Crippen MR) is 85.2 cm³/mol. The van der Waals surface area contributed by atoms with Crippen LogP contribution in [0.25, 0.3) is 6.08 Å². The zero-order valence-electron chi connectivity index (χ0n) is 13.1. The first-order valence-corrected chi connectivity index (χ1v) is 7.39. The maximum absolute atomic E-state index is 12.3. The number of rotatable bonds is 8. The zero-order valence-corrected chi connectivity index (χ0v) is 13.1. The second-order valence-electron chi connectivity index (χ2n) is 4.84. The molecule has 116 valence electrons. The molecule has 1 aromatic carbocycles. The maximum atomic E-state index is 12.3. The van der Waals surface area contributed by atoms with Crippen LogP contribution in [0.3, 0.4) is 0 Å². The van der Waals surface area contributed by atoms with Crippen molar-refractivity contribution in [1.82, 2.24) is 4.90 Å². The van der Waals surface area contributed by atoms with Crippen LogP contribution < -0.4 is 4.74 Å². The molecule has 0 aromatic heterocycles. The van der Waals surface area contributed by atoms with Crippen LogP contribution in [0.4, 0.5) is 0 Å². The van der Waals surface area contributed by atoms with Crippen molar-refractivity contribution in [3.8, 4) is 5.75 Å². The summed E-state index contributed by atoms with van der Waals surface area (Å²) in [6.45, 7) is 4.46. The molecule has 1 rings (SSSR count). The van der Waals surface area contributed by atoms with Crippen molar-refractivity contribution in [3.05, 3.63) is 35.9 Å². The minimum atomic E-state index is -0.0689. The van der Waals surface area contributed by atoms with E-state index in [0.717, 1.165) is 24.2 Å². The van der Waals surface area contributed by atoms with Gasteiger partial charge in [-0.05, 0) is 36.6 Å². The van der Waals surface area contributed by atoms with Crippen LogP contribution in [0.1, 0.15) is 32.3 Å². The fourth-order valence-corrected chi connectivity index (χ4v) is 2.32. The van der Waals surface area contributed by atoms with Crippen LogP contribution in [-0.4, -0.2) is 42.2 Å². The Morgan fingerprint density at radius 1 is 1.38 bits per heavy atom. The van der Waals surface area contributed by atoms with Crippen molar-refractivity contribution in [2.45, 2.75) is 32.7 Å². The third-order valence-corrected chi connectivity index (χ3v) is 3.52. The largest absolute Gasteiger partial charge is 0.497 e. The number of carbonyl (C=O) groups is 1. The van der Waals surface area contributed by atoms with Gasteiger partial charge in [-0.2, -0.15) is 0 Å². The Kier molecular flexibility index (Phi) is 7.54. The molecule has 0 atom stereocenters. The third kappa shape index (κ3) is 5.23. The number of amides is 1. The molecular weight excluding hydrogens is 266 g/mol. The van der Waals surface area contributed by atoms with Crippen molar-refractivity contribution in [1.29, 1.82) is 0 Å². The van der Waals surface area contributed by atoms with E-state index >= 15 is 0 Å². The number of methoxy groups -OCH3 is 1. The summed E-state index contributed by atoms with van der Waals surface area (Å²) >= 11 is 0. The Bertz CT molecular complexity index is 467. The number of hydrogen-bond donors (Lipinski definition) is 1. The normalized spacial score (nSPS) is 11.1. The van der Waals surface area contributed by atoms with Crippen molar-refractivity contribution >= 4 is 12.0 Å². The lowest BCUT2D eigenvalue weighted by molar-refractivity contribution is -0.128. The molecule has 0 saturated carbocycles. The van der Waals surface area contributed by atoms with Crippen LogP contribution in [-0.2, 0) is 4.79 Å². The molecule has 4 heteroatoms. The summed E-state index contributed by atoms with van der Waals surface area (Å²) in [6, 6.07) is 7.70. The summed E-state index contributed by atoms with van der Waals surface area (Å²) in [7, 11) is 1.62. The van der Waals surface area contributed by atoms with Crippen LogP contribution in [0, 0.1) is 0 Å². The number of aliphatic hydroxyl groups is 1. The van der Waals surface area contributed by atoms with Crippen LogP contribution >= 0.6 is 0 Å². The van der Waals surface area contributed by atoms with Crippen molar-refractivity contribution in [2.24, 2.45) is 0 Å². The van der Waals surface area contributed by atoms with Gasteiger partial charge in [-0.15, -0.1) is 0 Å². The molecule has 1 amide bonds. The van der Waals surface area contributed by atoms with Gasteiger partial charge in [0.1, 0.15) is 5.75 Å². The Labute approximate surface area is 127 Å². The SMILES string of the molecule is CCC(CC)N(CCO)C(=O)C=Cc1cccc(OC)c1. The van der Waals surface area contributed by atoms with E-state index in [4.69, 9.17) is 9.84 Å². The molecule has 1 N–H and O–H groups in total. The van der Waals surface area contributed by atoms with E-state index in [0.29, 0.717) is 6.54 Å². The molecule has 0 heterocycles. The Morgan fingerprint density at radius 3 is 2.67 bits per heavy atom. The quantitative estimate of drug-likeness (QED) is 0.749. The minimum absolute atomic E-state index is 0.0186. The van der Waals surface area contributed by atoms with Gasteiger partial charge in [0.2, 0.25) is 5.91 Å². The van der Waals surface area contributed by atoms with Gasteiger partial charge < -0.3 is 14.7 Å². The highest BCUT2D eigenvalue weighted by Gasteiger charge is 2.18. The Morgan fingerprint density at radius 2 is 2.10 bits per heavy atom. The summed E-state index contributed by atoms with van der Waals surface area (Å²) in [4.78, 5) is 14.0. The number of aliphatic hydroxyl groups excluding tert-OH is 1. The molecule has 4 nitrogen and oxygen atoms in total. The molecule has 0 aliphatic carbocycles. The minimum Gasteiger partial charge on any atom is -0.497 e. The first kappa shape index (κ1) is 17.2. The highest BCUT2D eigenvalue weighted by molar-refractivity contribution is 5.92. The number of hydrogen-bond acceptors (Lipinski definition) is 3. The molecule has 0 radical (unpaired) electrons.